The van der Waals surface area contributed by atoms with Crippen LogP contribution in [0.1, 0.15) is 32.6 Å². The molecule has 0 rings (SSSR count). The van der Waals surface area contributed by atoms with E-state index in [1.807, 2.05) is 0 Å². The molecule has 0 aromatic rings. The number of esters is 1. The second kappa shape index (κ2) is 10.5. The van der Waals surface area contributed by atoms with Crippen LogP contribution in [0.5, 0.6) is 0 Å². The van der Waals surface area contributed by atoms with Crippen molar-refractivity contribution in [1.29, 1.82) is 0 Å². The topological polar surface area (TPSA) is 58.6 Å². The van der Waals surface area contributed by atoms with E-state index in [2.05, 4.69) is 12.2 Å². The van der Waals surface area contributed by atoms with Crippen molar-refractivity contribution in [3.63, 3.8) is 0 Å². The first-order valence-electron chi connectivity index (χ1n) is 5.28. The second-order valence-corrected chi connectivity index (χ2v) is 3.15. The molecule has 0 radical (unpaired) electrons. The molecule has 0 saturated carbocycles. The van der Waals surface area contributed by atoms with E-state index in [1.54, 1.807) is 0 Å². The molecule has 4 heteroatoms. The lowest BCUT2D eigenvalue weighted by atomic mass is 10.3. The molecule has 0 unspecified atom stereocenters. The molecule has 0 spiro atoms. The molecule has 0 aliphatic rings. The third kappa shape index (κ3) is 9.48. The van der Waals surface area contributed by atoms with Crippen molar-refractivity contribution in [3.8, 4) is 0 Å². The standard InChI is InChI=1S/C10H21NO3/c1-2-3-9-14-10(13)5-7-11-6-4-8-12/h11-12H,2-9H2,1H3. The fraction of sp³-hybridized carbons (Fsp3) is 0.900. The van der Waals surface area contributed by atoms with E-state index in [4.69, 9.17) is 9.84 Å². The molecule has 4 nitrogen and oxygen atoms in total. The van der Waals surface area contributed by atoms with Gasteiger partial charge in [-0.3, -0.25) is 4.79 Å². The van der Waals surface area contributed by atoms with Crippen molar-refractivity contribution < 1.29 is 14.6 Å². The van der Waals surface area contributed by atoms with E-state index in [9.17, 15) is 4.79 Å². The summed E-state index contributed by atoms with van der Waals surface area (Å²) in [5.41, 5.74) is 0. The summed E-state index contributed by atoms with van der Waals surface area (Å²) in [6, 6.07) is 0. The minimum Gasteiger partial charge on any atom is -0.466 e. The molecule has 0 atom stereocenters. The van der Waals surface area contributed by atoms with Crippen molar-refractivity contribution in [2.45, 2.75) is 32.6 Å². The summed E-state index contributed by atoms with van der Waals surface area (Å²) >= 11 is 0. The summed E-state index contributed by atoms with van der Waals surface area (Å²) in [6.07, 6.45) is 3.12. The van der Waals surface area contributed by atoms with Gasteiger partial charge in [-0.25, -0.2) is 0 Å². The fourth-order valence-corrected chi connectivity index (χ4v) is 0.922. The maximum atomic E-state index is 11.0. The zero-order valence-electron chi connectivity index (χ0n) is 8.92. The highest BCUT2D eigenvalue weighted by molar-refractivity contribution is 5.69. The summed E-state index contributed by atoms with van der Waals surface area (Å²) in [7, 11) is 0. The number of ether oxygens (including phenoxy) is 1. The average Bonchev–Trinajstić information content (AvgIpc) is 2.18. The summed E-state index contributed by atoms with van der Waals surface area (Å²) in [4.78, 5) is 11.0. The molecule has 14 heavy (non-hydrogen) atoms. The lowest BCUT2D eigenvalue weighted by Crippen LogP contribution is -2.21. The van der Waals surface area contributed by atoms with Crippen molar-refractivity contribution in [1.82, 2.24) is 5.32 Å². The Morgan fingerprint density at radius 1 is 1.36 bits per heavy atom. The molecule has 0 amide bonds. The Morgan fingerprint density at radius 2 is 2.14 bits per heavy atom. The summed E-state index contributed by atoms with van der Waals surface area (Å²) < 4.78 is 4.96. The molecule has 2 N–H and O–H groups in total. The largest absolute Gasteiger partial charge is 0.466 e. The van der Waals surface area contributed by atoms with Gasteiger partial charge in [-0.1, -0.05) is 13.3 Å². The van der Waals surface area contributed by atoms with Gasteiger partial charge in [0, 0.05) is 13.2 Å². The van der Waals surface area contributed by atoms with E-state index < -0.39 is 0 Å². The zero-order chi connectivity index (χ0) is 10.6. The Labute approximate surface area is 85.6 Å². The molecule has 0 aromatic heterocycles. The molecule has 0 aromatic carbocycles. The number of nitrogens with one attached hydrogen (secondary N) is 1. The molecule has 0 fully saturated rings. The number of aliphatic hydroxyl groups is 1. The highest BCUT2D eigenvalue weighted by Crippen LogP contribution is 1.91. The van der Waals surface area contributed by atoms with Crippen LogP contribution in [0.2, 0.25) is 0 Å². The molecule has 84 valence electrons. The number of carbonyl (C=O) groups is 1. The van der Waals surface area contributed by atoms with E-state index in [1.165, 1.54) is 0 Å². The third-order valence-electron chi connectivity index (χ3n) is 1.78. The average molecular weight is 203 g/mol. The first-order chi connectivity index (χ1) is 6.81. The first-order valence-corrected chi connectivity index (χ1v) is 5.28. The molecule has 0 aliphatic heterocycles. The predicted octanol–water partition coefficient (Wildman–Crippen LogP) is 0.692. The Bertz CT molecular complexity index is 139. The molecular formula is C10H21NO3. The molecule has 0 bridgehead atoms. The minimum absolute atomic E-state index is 0.144. The number of rotatable bonds is 9. The Balaban J connectivity index is 3.10. The number of hydrogen-bond donors (Lipinski definition) is 2. The van der Waals surface area contributed by atoms with E-state index in [0.717, 1.165) is 25.8 Å². The zero-order valence-corrected chi connectivity index (χ0v) is 8.92. The van der Waals surface area contributed by atoms with Crippen LogP contribution < -0.4 is 5.32 Å². The van der Waals surface area contributed by atoms with E-state index in [0.29, 0.717) is 19.6 Å². The summed E-state index contributed by atoms with van der Waals surface area (Å²) in [5.74, 6) is -0.144. The van der Waals surface area contributed by atoms with Gasteiger partial charge in [0.1, 0.15) is 0 Å². The lowest BCUT2D eigenvalue weighted by Gasteiger charge is -2.04. The molecule has 0 heterocycles. The summed E-state index contributed by atoms with van der Waals surface area (Å²) in [5, 5.41) is 11.5. The number of unbranched alkanes of at least 4 members (excludes halogenated alkanes) is 1. The highest BCUT2D eigenvalue weighted by atomic mass is 16.5. The normalized spacial score (nSPS) is 10.1. The predicted molar refractivity (Wildman–Crippen MR) is 55.1 cm³/mol. The van der Waals surface area contributed by atoms with Crippen molar-refractivity contribution in [2.24, 2.45) is 0 Å². The van der Waals surface area contributed by atoms with Crippen LogP contribution in [0.4, 0.5) is 0 Å². The Hall–Kier alpha value is -0.610. The fourth-order valence-electron chi connectivity index (χ4n) is 0.922. The quantitative estimate of drug-likeness (QED) is 0.427. The minimum atomic E-state index is -0.144. The number of carbonyl (C=O) groups excluding carboxylic acids is 1. The Morgan fingerprint density at radius 3 is 2.79 bits per heavy atom. The van der Waals surface area contributed by atoms with Gasteiger partial charge < -0.3 is 15.2 Å². The van der Waals surface area contributed by atoms with Crippen LogP contribution in [0.3, 0.4) is 0 Å². The molecular weight excluding hydrogens is 182 g/mol. The van der Waals surface area contributed by atoms with Crippen LogP contribution >= 0.6 is 0 Å². The number of hydrogen-bond acceptors (Lipinski definition) is 4. The van der Waals surface area contributed by atoms with Crippen LogP contribution in [0.25, 0.3) is 0 Å². The lowest BCUT2D eigenvalue weighted by molar-refractivity contribution is -0.143. The number of aliphatic hydroxyl groups excluding tert-OH is 1. The monoisotopic (exact) mass is 203 g/mol. The highest BCUT2D eigenvalue weighted by Gasteiger charge is 2.00. The van der Waals surface area contributed by atoms with Crippen molar-refractivity contribution in [2.75, 3.05) is 26.3 Å². The van der Waals surface area contributed by atoms with Crippen LogP contribution in [0, 0.1) is 0 Å². The van der Waals surface area contributed by atoms with Gasteiger partial charge in [0.15, 0.2) is 0 Å². The van der Waals surface area contributed by atoms with Gasteiger partial charge in [-0.2, -0.15) is 0 Å². The van der Waals surface area contributed by atoms with Gasteiger partial charge in [-0.05, 0) is 19.4 Å². The smallest absolute Gasteiger partial charge is 0.307 e. The van der Waals surface area contributed by atoms with Gasteiger partial charge in [-0.15, -0.1) is 0 Å². The van der Waals surface area contributed by atoms with Gasteiger partial charge in [0.25, 0.3) is 0 Å². The van der Waals surface area contributed by atoms with Gasteiger partial charge in [0.05, 0.1) is 13.0 Å². The maximum Gasteiger partial charge on any atom is 0.307 e. The van der Waals surface area contributed by atoms with E-state index in [-0.39, 0.29) is 12.6 Å². The van der Waals surface area contributed by atoms with E-state index >= 15 is 0 Å². The van der Waals surface area contributed by atoms with Crippen molar-refractivity contribution in [3.05, 3.63) is 0 Å². The van der Waals surface area contributed by atoms with Gasteiger partial charge >= 0.3 is 5.97 Å². The van der Waals surface area contributed by atoms with Crippen LogP contribution in [0.15, 0.2) is 0 Å². The second-order valence-electron chi connectivity index (χ2n) is 3.15. The van der Waals surface area contributed by atoms with Gasteiger partial charge in [0.2, 0.25) is 0 Å². The van der Waals surface area contributed by atoms with Crippen LogP contribution in [-0.2, 0) is 9.53 Å². The molecule has 0 aliphatic carbocycles. The third-order valence-corrected chi connectivity index (χ3v) is 1.78. The van der Waals surface area contributed by atoms with Crippen LogP contribution in [-0.4, -0.2) is 37.4 Å². The first kappa shape index (κ1) is 13.4. The maximum absolute atomic E-state index is 11.0. The Kier molecular flexibility index (Phi) is 10.0. The molecule has 0 saturated heterocycles. The van der Waals surface area contributed by atoms with Crippen molar-refractivity contribution >= 4 is 5.97 Å². The summed E-state index contributed by atoms with van der Waals surface area (Å²) in [6.45, 7) is 4.16. The SMILES string of the molecule is CCCCOC(=O)CCNCCCO.